The maximum atomic E-state index is 14.0. The van der Waals surface area contributed by atoms with Crippen molar-refractivity contribution in [2.24, 2.45) is 0 Å². The van der Waals surface area contributed by atoms with E-state index in [0.717, 1.165) is 28.8 Å². The van der Waals surface area contributed by atoms with Crippen LogP contribution in [0.4, 0.5) is 14.6 Å². The van der Waals surface area contributed by atoms with Gasteiger partial charge in [0.05, 0.1) is 5.56 Å². The van der Waals surface area contributed by atoms with E-state index >= 15 is 0 Å². The van der Waals surface area contributed by atoms with Gasteiger partial charge in [-0.05, 0) is 62.3 Å². The summed E-state index contributed by atoms with van der Waals surface area (Å²) in [5.41, 5.74) is 5.30. The average molecular weight is 405 g/mol. The summed E-state index contributed by atoms with van der Waals surface area (Å²) >= 11 is 0. The summed E-state index contributed by atoms with van der Waals surface area (Å²) in [6.45, 7) is 10.0. The molecule has 1 aromatic heterocycles. The molecule has 0 saturated carbocycles. The van der Waals surface area contributed by atoms with Crippen molar-refractivity contribution in [3.63, 3.8) is 0 Å². The van der Waals surface area contributed by atoms with E-state index in [1.807, 2.05) is 25.3 Å². The molecule has 1 aromatic carbocycles. The molecule has 0 fully saturated rings. The molecule has 1 aliphatic heterocycles. The van der Waals surface area contributed by atoms with E-state index in [0.29, 0.717) is 5.82 Å². The highest BCUT2D eigenvalue weighted by molar-refractivity contribution is 5.84. The van der Waals surface area contributed by atoms with Crippen molar-refractivity contribution in [1.82, 2.24) is 10.3 Å². The first-order valence-electron chi connectivity index (χ1n) is 9.79. The number of nitrogens with one attached hydrogen (secondary N) is 2. The molecular formula is C25H25F2N3. The number of nitrogens with zero attached hydrogens (tertiary/aromatic N) is 1. The van der Waals surface area contributed by atoms with Gasteiger partial charge in [0.1, 0.15) is 17.5 Å². The van der Waals surface area contributed by atoms with E-state index in [-0.39, 0.29) is 11.3 Å². The summed E-state index contributed by atoms with van der Waals surface area (Å²) in [4.78, 5) is 4.41. The summed E-state index contributed by atoms with van der Waals surface area (Å²) in [5.74, 6) is -0.887. The number of anilines is 1. The molecule has 0 saturated heterocycles. The molecule has 0 radical (unpaired) electrons. The summed E-state index contributed by atoms with van der Waals surface area (Å²) in [5, 5.41) is 6.18. The Morgan fingerprint density at radius 3 is 2.57 bits per heavy atom. The molecule has 0 bridgehead atoms. The van der Waals surface area contributed by atoms with Gasteiger partial charge in [0, 0.05) is 34.9 Å². The van der Waals surface area contributed by atoms with E-state index in [9.17, 15) is 8.78 Å². The highest BCUT2D eigenvalue weighted by Crippen LogP contribution is 2.29. The second-order valence-corrected chi connectivity index (χ2v) is 7.11. The van der Waals surface area contributed by atoms with Gasteiger partial charge in [0.15, 0.2) is 0 Å². The zero-order valence-corrected chi connectivity index (χ0v) is 17.4. The van der Waals surface area contributed by atoms with E-state index in [1.165, 1.54) is 23.8 Å². The molecule has 30 heavy (non-hydrogen) atoms. The molecule has 2 heterocycles. The van der Waals surface area contributed by atoms with Crippen LogP contribution in [0.25, 0.3) is 11.3 Å². The molecule has 1 aliphatic rings. The standard InChI is InChI=1S/C25H25F2N3/c1-5-16(2)9-11-22-24(17(3)13-14-28-22)19-10-12-23(29-15-19)30-18(4)25-20(26)7-6-8-21(25)27/h6-15,28H,4-5H2,1-3H3,(H,29,30)/b16-9?,22-11-. The van der Waals surface area contributed by atoms with Crippen LogP contribution in [0.1, 0.15) is 38.3 Å². The lowest BCUT2D eigenvalue weighted by Gasteiger charge is -2.19. The highest BCUT2D eigenvalue weighted by atomic mass is 19.1. The Balaban J connectivity index is 1.85. The number of allylic oxidation sites excluding steroid dienone is 6. The van der Waals surface area contributed by atoms with Crippen LogP contribution in [-0.2, 0) is 0 Å². The molecule has 3 rings (SSSR count). The molecule has 0 aliphatic carbocycles. The van der Waals surface area contributed by atoms with Gasteiger partial charge in [-0.1, -0.05) is 31.2 Å². The molecule has 0 atom stereocenters. The fraction of sp³-hybridized carbons (Fsp3) is 0.160. The molecule has 0 spiro atoms. The van der Waals surface area contributed by atoms with Gasteiger partial charge < -0.3 is 10.6 Å². The van der Waals surface area contributed by atoms with Crippen molar-refractivity contribution in [3.05, 3.63) is 107 Å². The van der Waals surface area contributed by atoms with E-state index in [4.69, 9.17) is 0 Å². The molecule has 5 heteroatoms. The van der Waals surface area contributed by atoms with Crippen molar-refractivity contribution >= 4 is 17.1 Å². The molecule has 3 nitrogen and oxygen atoms in total. The normalized spacial score (nSPS) is 15.4. The zero-order chi connectivity index (χ0) is 21.7. The summed E-state index contributed by atoms with van der Waals surface area (Å²) in [7, 11) is 0. The van der Waals surface area contributed by atoms with Gasteiger partial charge in [-0.25, -0.2) is 13.8 Å². The molecule has 0 amide bonds. The van der Waals surface area contributed by atoms with E-state index in [2.05, 4.69) is 48.2 Å². The van der Waals surface area contributed by atoms with Gasteiger partial charge in [0.2, 0.25) is 0 Å². The highest BCUT2D eigenvalue weighted by Gasteiger charge is 2.15. The van der Waals surface area contributed by atoms with Crippen molar-refractivity contribution < 1.29 is 8.78 Å². The van der Waals surface area contributed by atoms with Crippen LogP contribution in [-0.4, -0.2) is 4.98 Å². The number of benzene rings is 1. The van der Waals surface area contributed by atoms with Crippen LogP contribution in [0.2, 0.25) is 0 Å². The van der Waals surface area contributed by atoms with Gasteiger partial charge in [-0.15, -0.1) is 0 Å². The Hall–Kier alpha value is -3.47. The monoisotopic (exact) mass is 405 g/mol. The lowest BCUT2D eigenvalue weighted by molar-refractivity contribution is 0.577. The Kier molecular flexibility index (Phi) is 6.62. The number of halogens is 2. The maximum Gasteiger partial charge on any atom is 0.135 e. The van der Waals surface area contributed by atoms with Gasteiger partial charge in [-0.3, -0.25) is 0 Å². The number of dihydropyridines is 1. The van der Waals surface area contributed by atoms with Crippen molar-refractivity contribution in [2.75, 3.05) is 5.32 Å². The minimum absolute atomic E-state index is 0.115. The fourth-order valence-corrected chi connectivity index (χ4v) is 3.10. The molecular weight excluding hydrogens is 380 g/mol. The predicted octanol–water partition coefficient (Wildman–Crippen LogP) is 6.57. The van der Waals surface area contributed by atoms with Crippen LogP contribution in [0, 0.1) is 11.6 Å². The van der Waals surface area contributed by atoms with E-state index in [1.54, 1.807) is 12.3 Å². The van der Waals surface area contributed by atoms with Crippen LogP contribution in [0.15, 0.2) is 84.4 Å². The van der Waals surface area contributed by atoms with E-state index < -0.39 is 11.6 Å². The maximum absolute atomic E-state index is 14.0. The lowest BCUT2D eigenvalue weighted by atomic mass is 9.96. The molecule has 2 aromatic rings. The molecule has 154 valence electrons. The van der Waals surface area contributed by atoms with Gasteiger partial charge in [-0.2, -0.15) is 0 Å². The van der Waals surface area contributed by atoms with Crippen molar-refractivity contribution in [2.45, 2.75) is 27.2 Å². The predicted molar refractivity (Wildman–Crippen MR) is 120 cm³/mol. The molecule has 2 N–H and O–H groups in total. The topological polar surface area (TPSA) is 37.0 Å². The molecule has 0 unspecified atom stereocenters. The Morgan fingerprint density at radius 2 is 1.93 bits per heavy atom. The summed E-state index contributed by atoms with van der Waals surface area (Å²) in [6, 6.07) is 7.40. The third-order valence-electron chi connectivity index (χ3n) is 4.92. The summed E-state index contributed by atoms with van der Waals surface area (Å²) in [6.07, 6.45) is 10.8. The number of hydrogen-bond acceptors (Lipinski definition) is 3. The van der Waals surface area contributed by atoms with Crippen LogP contribution in [0.5, 0.6) is 0 Å². The smallest absolute Gasteiger partial charge is 0.135 e. The second kappa shape index (κ2) is 9.35. The number of pyridine rings is 1. The van der Waals surface area contributed by atoms with Gasteiger partial charge in [0.25, 0.3) is 0 Å². The van der Waals surface area contributed by atoms with Crippen molar-refractivity contribution in [3.8, 4) is 0 Å². The first-order valence-corrected chi connectivity index (χ1v) is 9.79. The number of hydrogen-bond donors (Lipinski definition) is 2. The minimum Gasteiger partial charge on any atom is -0.361 e. The Bertz CT molecular complexity index is 1050. The summed E-state index contributed by atoms with van der Waals surface area (Å²) < 4.78 is 27.9. The largest absolute Gasteiger partial charge is 0.361 e. The first kappa shape index (κ1) is 21.2. The third-order valence-corrected chi connectivity index (χ3v) is 4.92. The van der Waals surface area contributed by atoms with Crippen LogP contribution < -0.4 is 10.6 Å². The lowest BCUT2D eigenvalue weighted by Crippen LogP contribution is -2.12. The number of aromatic nitrogens is 1. The van der Waals surface area contributed by atoms with Crippen molar-refractivity contribution in [1.29, 1.82) is 0 Å². The quantitative estimate of drug-likeness (QED) is 0.570. The SMILES string of the molecule is C=C(Nc1ccc(C2=C(C)C=CN/C2=C\C=C(C)CC)cn1)c1c(F)cccc1F. The number of rotatable bonds is 6. The third kappa shape index (κ3) is 4.74. The first-order chi connectivity index (χ1) is 14.4. The fourth-order valence-electron chi connectivity index (χ4n) is 3.10. The average Bonchev–Trinajstić information content (AvgIpc) is 2.72. The Labute approximate surface area is 176 Å². The zero-order valence-electron chi connectivity index (χ0n) is 17.4. The van der Waals surface area contributed by atoms with Gasteiger partial charge >= 0.3 is 0 Å². The second-order valence-electron chi connectivity index (χ2n) is 7.11. The minimum atomic E-state index is -0.671. The van der Waals surface area contributed by atoms with Crippen LogP contribution in [0.3, 0.4) is 0 Å². The van der Waals surface area contributed by atoms with Crippen LogP contribution >= 0.6 is 0 Å². The Morgan fingerprint density at radius 1 is 1.20 bits per heavy atom.